The van der Waals surface area contributed by atoms with E-state index in [0.29, 0.717) is 29.7 Å². The predicted octanol–water partition coefficient (Wildman–Crippen LogP) is 11.7. The smallest absolute Gasteiger partial charge is 0.277 e. The second kappa shape index (κ2) is 17.6. The van der Waals surface area contributed by atoms with Gasteiger partial charge in [-0.3, -0.25) is 9.59 Å². The Morgan fingerprint density at radius 2 is 1.09 bits per heavy atom. The molecule has 7 nitrogen and oxygen atoms in total. The average Bonchev–Trinajstić information content (AvgIpc) is 3.22. The summed E-state index contributed by atoms with van der Waals surface area (Å²) < 4.78 is 1.84. The standard InChI is InChI=1S/C47H51N5O2/c1-3-5-7-9-11-18-32-51(36-20-14-13-15-21-36)46(53)38-28-31-41-40-30-27-35-25-24-34-26-29-39(48-43(34)44(35)49-40)37-22-16-17-23-42(37)52(47(54)45(38)50-41)33-19-12-10-8-6-4-2/h13-17,20-31H,3-12,18-19,32-33H2,1-2H3. The number of hydrogen-bond acceptors (Lipinski definition) is 5. The number of fused-ring (bicyclic) bond motifs is 7. The summed E-state index contributed by atoms with van der Waals surface area (Å²) in [5, 5.41) is 2.81. The van der Waals surface area contributed by atoms with Crippen molar-refractivity contribution in [3.63, 3.8) is 0 Å². The van der Waals surface area contributed by atoms with Crippen molar-refractivity contribution in [2.75, 3.05) is 11.4 Å². The number of anilines is 1. The predicted molar refractivity (Wildman–Crippen MR) is 225 cm³/mol. The third kappa shape index (κ3) is 8.06. The topological polar surface area (TPSA) is 81.0 Å². The van der Waals surface area contributed by atoms with Gasteiger partial charge in [0.1, 0.15) is 5.52 Å². The zero-order valence-corrected chi connectivity index (χ0v) is 31.8. The van der Waals surface area contributed by atoms with E-state index in [9.17, 15) is 4.79 Å². The van der Waals surface area contributed by atoms with Crippen LogP contribution in [0.15, 0.2) is 108 Å². The van der Waals surface area contributed by atoms with Crippen LogP contribution < -0.4 is 10.5 Å². The Morgan fingerprint density at radius 1 is 0.556 bits per heavy atom. The number of carbonyl (C=O) groups is 1. The fourth-order valence-corrected chi connectivity index (χ4v) is 7.58. The number of nitrogens with zero attached hydrogens (tertiary/aromatic N) is 5. The molecule has 0 radical (unpaired) electrons. The fourth-order valence-electron chi connectivity index (χ4n) is 7.58. The molecule has 7 aromatic rings. The third-order valence-electron chi connectivity index (χ3n) is 10.6. The third-order valence-corrected chi connectivity index (χ3v) is 10.6. The number of para-hydroxylation sites is 2. The fraction of sp³-hybridized carbons (Fsp3) is 0.340. The van der Waals surface area contributed by atoms with Crippen LogP contribution in [0.5, 0.6) is 0 Å². The number of amides is 1. The van der Waals surface area contributed by atoms with E-state index in [-0.39, 0.29) is 17.0 Å². The quantitative estimate of drug-likeness (QED) is 0.0734. The number of carbonyl (C=O) groups excluding carboxylic acids is 1. The van der Waals surface area contributed by atoms with E-state index < -0.39 is 0 Å². The molecule has 0 spiro atoms. The van der Waals surface area contributed by atoms with Crippen molar-refractivity contribution in [2.45, 2.75) is 97.4 Å². The number of benzene rings is 3. The molecular weight excluding hydrogens is 667 g/mol. The van der Waals surface area contributed by atoms with Crippen LogP contribution in [0.25, 0.3) is 54.8 Å². The minimum absolute atomic E-state index is 0.140. The molecule has 7 rings (SSSR count). The lowest BCUT2D eigenvalue weighted by Gasteiger charge is -2.23. The molecule has 6 bridgehead atoms. The van der Waals surface area contributed by atoms with E-state index in [2.05, 4.69) is 32.0 Å². The lowest BCUT2D eigenvalue weighted by Crippen LogP contribution is -2.33. The first kappa shape index (κ1) is 36.9. The molecule has 0 N–H and O–H groups in total. The van der Waals surface area contributed by atoms with Crippen molar-refractivity contribution in [3.05, 3.63) is 119 Å². The molecule has 1 amide bonds. The number of hydrogen-bond donors (Lipinski definition) is 0. The summed E-state index contributed by atoms with van der Waals surface area (Å²) >= 11 is 0. The molecule has 0 saturated heterocycles. The Kier molecular flexibility index (Phi) is 12.0. The van der Waals surface area contributed by atoms with Crippen LogP contribution in [-0.2, 0) is 6.54 Å². The maximum absolute atomic E-state index is 15.3. The van der Waals surface area contributed by atoms with Gasteiger partial charge < -0.3 is 9.47 Å². The van der Waals surface area contributed by atoms with Crippen molar-refractivity contribution in [3.8, 4) is 0 Å². The lowest BCUT2D eigenvalue weighted by atomic mass is 10.1. The summed E-state index contributed by atoms with van der Waals surface area (Å²) in [6.45, 7) is 5.49. The Morgan fingerprint density at radius 3 is 1.80 bits per heavy atom. The highest BCUT2D eigenvalue weighted by Crippen LogP contribution is 2.28. The van der Waals surface area contributed by atoms with E-state index in [1.165, 1.54) is 38.5 Å². The van der Waals surface area contributed by atoms with E-state index in [4.69, 9.17) is 15.0 Å². The Labute approximate surface area is 317 Å². The molecule has 7 heteroatoms. The molecule has 0 atom stereocenters. The molecule has 0 fully saturated rings. The van der Waals surface area contributed by atoms with E-state index in [1.54, 1.807) is 6.07 Å². The first-order valence-electron chi connectivity index (χ1n) is 20.1. The van der Waals surface area contributed by atoms with Crippen LogP contribution in [-0.4, -0.2) is 32.0 Å². The molecule has 0 aliphatic carbocycles. The second-order valence-corrected chi connectivity index (χ2v) is 14.5. The Bertz CT molecular complexity index is 2490. The molecule has 3 aromatic carbocycles. The highest BCUT2D eigenvalue weighted by Gasteiger charge is 2.22. The van der Waals surface area contributed by atoms with Crippen LogP contribution in [0.4, 0.5) is 5.69 Å². The number of pyridine rings is 3. The molecular formula is C47H51N5O2. The van der Waals surface area contributed by atoms with Gasteiger partial charge in [-0.1, -0.05) is 139 Å². The van der Waals surface area contributed by atoms with E-state index in [1.807, 2.05) is 88.3 Å². The van der Waals surface area contributed by atoms with Gasteiger partial charge in [-0.15, -0.1) is 0 Å². The van der Waals surface area contributed by atoms with Crippen molar-refractivity contribution >= 4 is 66.4 Å². The van der Waals surface area contributed by atoms with Crippen molar-refractivity contribution in [1.29, 1.82) is 0 Å². The summed E-state index contributed by atoms with van der Waals surface area (Å²) in [7, 11) is 0. The van der Waals surface area contributed by atoms with Crippen LogP contribution in [0.3, 0.4) is 0 Å². The van der Waals surface area contributed by atoms with E-state index in [0.717, 1.165) is 82.4 Å². The molecule has 54 heavy (non-hydrogen) atoms. The summed E-state index contributed by atoms with van der Waals surface area (Å²) in [6.07, 6.45) is 13.2. The summed E-state index contributed by atoms with van der Waals surface area (Å²) in [6, 6.07) is 33.6. The van der Waals surface area contributed by atoms with Gasteiger partial charge in [0.05, 0.1) is 38.7 Å². The molecule has 0 aliphatic heterocycles. The minimum atomic E-state index is -0.298. The van der Waals surface area contributed by atoms with Gasteiger partial charge in [-0.25, -0.2) is 15.0 Å². The molecule has 276 valence electrons. The van der Waals surface area contributed by atoms with Gasteiger partial charge in [-0.2, -0.15) is 0 Å². The van der Waals surface area contributed by atoms with Crippen LogP contribution in [0, 0.1) is 0 Å². The van der Waals surface area contributed by atoms with Gasteiger partial charge in [0, 0.05) is 34.9 Å². The summed E-state index contributed by atoms with van der Waals surface area (Å²) in [5.41, 5.74) is 5.21. The normalized spacial score (nSPS) is 11.6. The molecule has 4 heterocycles. The first-order chi connectivity index (χ1) is 26.6. The van der Waals surface area contributed by atoms with E-state index >= 15 is 4.79 Å². The Hall–Kier alpha value is -5.43. The summed E-state index contributed by atoms with van der Waals surface area (Å²) in [5.74, 6) is -0.226. The van der Waals surface area contributed by atoms with Gasteiger partial charge in [0.2, 0.25) is 0 Å². The SMILES string of the molecule is CCCCCCCCN(C(=O)c1ccc2nc1c(=O)n(CCCCCCCC)c1ccccc1c1ccc3ccc4ccc2nc4c3n1)c1ccccc1. The van der Waals surface area contributed by atoms with Gasteiger partial charge in [-0.05, 0) is 55.3 Å². The van der Waals surface area contributed by atoms with Gasteiger partial charge in [0.25, 0.3) is 11.5 Å². The van der Waals surface area contributed by atoms with Crippen LogP contribution in [0.1, 0.15) is 101 Å². The van der Waals surface area contributed by atoms with Crippen molar-refractivity contribution in [1.82, 2.24) is 19.5 Å². The number of rotatable bonds is 16. The van der Waals surface area contributed by atoms with Gasteiger partial charge >= 0.3 is 0 Å². The molecule has 0 unspecified atom stereocenters. The number of aryl methyl sites for hydroxylation is 1. The lowest BCUT2D eigenvalue weighted by molar-refractivity contribution is 0.0987. The maximum atomic E-state index is 15.3. The van der Waals surface area contributed by atoms with Crippen LogP contribution in [0.2, 0.25) is 0 Å². The molecule has 4 aromatic heterocycles. The van der Waals surface area contributed by atoms with Crippen molar-refractivity contribution in [2.24, 2.45) is 0 Å². The first-order valence-corrected chi connectivity index (χ1v) is 20.1. The van der Waals surface area contributed by atoms with Gasteiger partial charge in [0.15, 0.2) is 0 Å². The zero-order valence-electron chi connectivity index (χ0n) is 31.8. The highest BCUT2D eigenvalue weighted by molar-refractivity contribution is 6.11. The minimum Gasteiger partial charge on any atom is -0.308 e. The number of unbranched alkanes of at least 4 members (excludes halogenated alkanes) is 10. The number of aromatic nitrogens is 4. The summed E-state index contributed by atoms with van der Waals surface area (Å²) in [4.78, 5) is 47.4. The monoisotopic (exact) mass is 717 g/mol. The molecule has 0 aliphatic rings. The largest absolute Gasteiger partial charge is 0.308 e. The molecule has 0 saturated carbocycles. The second-order valence-electron chi connectivity index (χ2n) is 14.5. The zero-order chi connectivity index (χ0) is 37.3. The van der Waals surface area contributed by atoms with Crippen molar-refractivity contribution < 1.29 is 4.79 Å². The Balaban J connectivity index is 1.48. The average molecular weight is 718 g/mol. The highest BCUT2D eigenvalue weighted by atomic mass is 16.2. The maximum Gasteiger partial charge on any atom is 0.277 e. The van der Waals surface area contributed by atoms with Crippen LogP contribution >= 0.6 is 0 Å².